The molecule has 4 rings (SSSR count). The number of ether oxygens (including phenoxy) is 2. The second-order valence-electron chi connectivity index (χ2n) is 7.56. The van der Waals surface area contributed by atoms with Gasteiger partial charge < -0.3 is 24.2 Å². The molecule has 3 aromatic rings. The van der Waals surface area contributed by atoms with E-state index in [1.165, 1.54) is 5.69 Å². The zero-order chi connectivity index (χ0) is 21.5. The lowest BCUT2D eigenvalue weighted by Crippen LogP contribution is -2.48. The van der Waals surface area contributed by atoms with E-state index in [9.17, 15) is 0 Å². The Kier molecular flexibility index (Phi) is 7.07. The Morgan fingerprint density at radius 1 is 0.968 bits per heavy atom. The van der Waals surface area contributed by atoms with Crippen LogP contribution in [0, 0.1) is 0 Å². The van der Waals surface area contributed by atoms with E-state index in [2.05, 4.69) is 50.6 Å². The van der Waals surface area contributed by atoms with Crippen molar-refractivity contribution in [2.24, 2.45) is 0 Å². The first kappa shape index (κ1) is 21.2. The number of hydrogen-bond donors (Lipinski definition) is 1. The minimum absolute atomic E-state index is 0.642. The SMILES string of the molecule is COc1cccc(-c2cc(CNCCN3CCN(c4ccccc4)CC3)on2)c1OC. The first-order chi connectivity index (χ1) is 15.3. The van der Waals surface area contributed by atoms with Gasteiger partial charge in [0.05, 0.1) is 20.8 Å². The maximum atomic E-state index is 5.52. The van der Waals surface area contributed by atoms with Crippen LogP contribution >= 0.6 is 0 Å². The van der Waals surface area contributed by atoms with Crippen molar-refractivity contribution < 1.29 is 14.0 Å². The summed E-state index contributed by atoms with van der Waals surface area (Å²) < 4.78 is 16.4. The Labute approximate surface area is 183 Å². The van der Waals surface area contributed by atoms with Gasteiger partial charge in [-0.1, -0.05) is 29.4 Å². The normalized spacial score (nSPS) is 14.6. The van der Waals surface area contributed by atoms with Gasteiger partial charge in [-0.3, -0.25) is 4.90 Å². The number of hydrogen-bond acceptors (Lipinski definition) is 7. The zero-order valence-electron chi connectivity index (χ0n) is 18.2. The number of benzene rings is 2. The third-order valence-corrected chi connectivity index (χ3v) is 5.64. The van der Waals surface area contributed by atoms with Gasteiger partial charge in [0, 0.05) is 56.6 Å². The Morgan fingerprint density at radius 2 is 1.77 bits per heavy atom. The number of piperazine rings is 1. The summed E-state index contributed by atoms with van der Waals surface area (Å²) in [6.45, 7) is 6.87. The fourth-order valence-corrected chi connectivity index (χ4v) is 3.93. The molecule has 0 unspecified atom stereocenters. The van der Waals surface area contributed by atoms with Gasteiger partial charge in [0.2, 0.25) is 0 Å². The molecule has 2 aromatic carbocycles. The maximum Gasteiger partial charge on any atom is 0.170 e. The summed E-state index contributed by atoms with van der Waals surface area (Å²) in [5.41, 5.74) is 2.91. The number of aromatic nitrogens is 1. The molecular formula is C24H30N4O3. The average Bonchev–Trinajstić information content (AvgIpc) is 3.31. The van der Waals surface area contributed by atoms with Crippen LogP contribution in [-0.4, -0.2) is 63.5 Å². The molecule has 0 radical (unpaired) electrons. The van der Waals surface area contributed by atoms with Crippen molar-refractivity contribution in [2.75, 3.05) is 58.4 Å². The Morgan fingerprint density at radius 3 is 2.52 bits per heavy atom. The summed E-state index contributed by atoms with van der Waals surface area (Å²) in [5.74, 6) is 2.14. The predicted molar refractivity (Wildman–Crippen MR) is 122 cm³/mol. The first-order valence-corrected chi connectivity index (χ1v) is 10.7. The van der Waals surface area contributed by atoms with Gasteiger partial charge in [-0.15, -0.1) is 0 Å². The second kappa shape index (κ2) is 10.3. The lowest BCUT2D eigenvalue weighted by molar-refractivity contribution is 0.255. The van der Waals surface area contributed by atoms with E-state index in [1.807, 2.05) is 24.3 Å². The molecule has 1 aliphatic rings. The van der Waals surface area contributed by atoms with Crippen LogP contribution in [0.25, 0.3) is 11.3 Å². The van der Waals surface area contributed by atoms with Crippen molar-refractivity contribution in [1.29, 1.82) is 0 Å². The summed E-state index contributed by atoms with van der Waals surface area (Å²) in [6, 6.07) is 18.3. The van der Waals surface area contributed by atoms with E-state index in [4.69, 9.17) is 14.0 Å². The monoisotopic (exact) mass is 422 g/mol. The number of anilines is 1. The minimum Gasteiger partial charge on any atom is -0.493 e. The largest absolute Gasteiger partial charge is 0.493 e. The van der Waals surface area contributed by atoms with Crippen LogP contribution in [0.2, 0.25) is 0 Å². The molecule has 0 atom stereocenters. The van der Waals surface area contributed by atoms with Gasteiger partial charge in [-0.25, -0.2) is 0 Å². The lowest BCUT2D eigenvalue weighted by Gasteiger charge is -2.36. The highest BCUT2D eigenvalue weighted by Gasteiger charge is 2.17. The fourth-order valence-electron chi connectivity index (χ4n) is 3.93. The number of nitrogens with zero attached hydrogens (tertiary/aromatic N) is 3. The molecule has 7 nitrogen and oxygen atoms in total. The molecule has 0 aliphatic carbocycles. The molecule has 1 saturated heterocycles. The predicted octanol–water partition coefficient (Wildman–Crippen LogP) is 3.27. The topological polar surface area (TPSA) is 63.0 Å². The lowest BCUT2D eigenvalue weighted by atomic mass is 10.1. The molecular weight excluding hydrogens is 392 g/mol. The van der Waals surface area contributed by atoms with Gasteiger partial charge in [0.1, 0.15) is 5.69 Å². The van der Waals surface area contributed by atoms with E-state index >= 15 is 0 Å². The van der Waals surface area contributed by atoms with Crippen molar-refractivity contribution >= 4 is 5.69 Å². The van der Waals surface area contributed by atoms with Crippen LogP contribution in [-0.2, 0) is 6.54 Å². The molecule has 1 aliphatic heterocycles. The van der Waals surface area contributed by atoms with Gasteiger partial charge in [-0.2, -0.15) is 0 Å². The van der Waals surface area contributed by atoms with E-state index in [0.29, 0.717) is 18.0 Å². The molecule has 7 heteroatoms. The summed E-state index contributed by atoms with van der Waals surface area (Å²) in [6.07, 6.45) is 0. The molecule has 0 bridgehead atoms. The molecule has 1 fully saturated rings. The summed E-state index contributed by atoms with van der Waals surface area (Å²) in [5, 5.41) is 7.67. The molecule has 1 aromatic heterocycles. The van der Waals surface area contributed by atoms with Crippen molar-refractivity contribution in [3.05, 3.63) is 60.4 Å². The second-order valence-corrected chi connectivity index (χ2v) is 7.56. The van der Waals surface area contributed by atoms with Crippen LogP contribution in [0.1, 0.15) is 5.76 Å². The Hall–Kier alpha value is -3.03. The van der Waals surface area contributed by atoms with Crippen LogP contribution in [0.15, 0.2) is 59.1 Å². The molecule has 0 spiro atoms. The van der Waals surface area contributed by atoms with E-state index in [1.54, 1.807) is 14.2 Å². The quantitative estimate of drug-likeness (QED) is 0.531. The molecule has 1 N–H and O–H groups in total. The highest BCUT2D eigenvalue weighted by atomic mass is 16.5. The first-order valence-electron chi connectivity index (χ1n) is 10.7. The summed E-state index contributed by atoms with van der Waals surface area (Å²) in [7, 11) is 3.25. The van der Waals surface area contributed by atoms with Crippen LogP contribution in [0.3, 0.4) is 0 Å². The highest BCUT2D eigenvalue weighted by molar-refractivity contribution is 5.71. The Bertz CT molecular complexity index is 952. The molecule has 2 heterocycles. The number of rotatable bonds is 9. The molecule has 31 heavy (non-hydrogen) atoms. The summed E-state index contributed by atoms with van der Waals surface area (Å²) in [4.78, 5) is 4.95. The number of methoxy groups -OCH3 is 2. The zero-order valence-corrected chi connectivity index (χ0v) is 18.2. The number of nitrogens with one attached hydrogen (secondary N) is 1. The smallest absolute Gasteiger partial charge is 0.170 e. The molecule has 164 valence electrons. The summed E-state index contributed by atoms with van der Waals surface area (Å²) >= 11 is 0. The van der Waals surface area contributed by atoms with Crippen LogP contribution in [0.5, 0.6) is 11.5 Å². The third-order valence-electron chi connectivity index (χ3n) is 5.64. The van der Waals surface area contributed by atoms with Gasteiger partial charge in [0.15, 0.2) is 17.3 Å². The van der Waals surface area contributed by atoms with E-state index in [0.717, 1.165) is 56.3 Å². The van der Waals surface area contributed by atoms with Gasteiger partial charge in [0.25, 0.3) is 0 Å². The standard InChI is InChI=1S/C24H30N4O3/c1-29-23-10-6-9-21(24(23)30-2)22-17-20(31-26-22)18-25-11-12-27-13-15-28(16-14-27)19-7-4-3-5-8-19/h3-10,17,25H,11-16,18H2,1-2H3. The molecule has 0 saturated carbocycles. The van der Waals surface area contributed by atoms with Crippen LogP contribution < -0.4 is 19.7 Å². The fraction of sp³-hybridized carbons (Fsp3) is 0.375. The van der Waals surface area contributed by atoms with Crippen molar-refractivity contribution in [3.8, 4) is 22.8 Å². The van der Waals surface area contributed by atoms with E-state index < -0.39 is 0 Å². The number of para-hydroxylation sites is 2. The third kappa shape index (κ3) is 5.18. The van der Waals surface area contributed by atoms with Gasteiger partial charge >= 0.3 is 0 Å². The highest BCUT2D eigenvalue weighted by Crippen LogP contribution is 2.37. The minimum atomic E-state index is 0.642. The van der Waals surface area contributed by atoms with Gasteiger partial charge in [-0.05, 0) is 24.3 Å². The average molecular weight is 423 g/mol. The van der Waals surface area contributed by atoms with Crippen molar-refractivity contribution in [1.82, 2.24) is 15.4 Å². The Balaban J connectivity index is 1.23. The van der Waals surface area contributed by atoms with Crippen LogP contribution in [0.4, 0.5) is 5.69 Å². The maximum absolute atomic E-state index is 5.52. The van der Waals surface area contributed by atoms with Crippen molar-refractivity contribution in [3.63, 3.8) is 0 Å². The van der Waals surface area contributed by atoms with E-state index in [-0.39, 0.29) is 0 Å². The molecule has 0 amide bonds. The van der Waals surface area contributed by atoms with Crippen molar-refractivity contribution in [2.45, 2.75) is 6.54 Å².